The summed E-state index contributed by atoms with van der Waals surface area (Å²) in [5.74, 6) is 1.34. The molecule has 0 spiro atoms. The van der Waals surface area contributed by atoms with Gasteiger partial charge in [0.15, 0.2) is 0 Å². The van der Waals surface area contributed by atoms with Crippen molar-refractivity contribution >= 4 is 5.82 Å². The number of piperidine rings is 1. The van der Waals surface area contributed by atoms with Gasteiger partial charge in [0, 0.05) is 24.8 Å². The second-order valence-electron chi connectivity index (χ2n) is 4.90. The van der Waals surface area contributed by atoms with Crippen LogP contribution in [0.1, 0.15) is 32.4 Å². The van der Waals surface area contributed by atoms with Crippen molar-refractivity contribution in [2.24, 2.45) is 5.92 Å². The molecule has 4 heteroatoms. The van der Waals surface area contributed by atoms with Crippen LogP contribution in [-0.4, -0.2) is 34.3 Å². The molecule has 2 heterocycles. The van der Waals surface area contributed by atoms with Gasteiger partial charge in [-0.3, -0.25) is 0 Å². The van der Waals surface area contributed by atoms with Crippen molar-refractivity contribution in [2.45, 2.75) is 39.2 Å². The monoisotopic (exact) mass is 235 g/mol. The number of hydrogen-bond donors (Lipinski definition) is 1. The zero-order chi connectivity index (χ0) is 12.3. The second-order valence-corrected chi connectivity index (χ2v) is 4.90. The van der Waals surface area contributed by atoms with Crippen LogP contribution in [0.5, 0.6) is 0 Å². The van der Waals surface area contributed by atoms with Crippen LogP contribution >= 0.6 is 0 Å². The molecule has 94 valence electrons. The fourth-order valence-corrected chi connectivity index (χ4v) is 2.21. The van der Waals surface area contributed by atoms with Crippen molar-refractivity contribution in [1.82, 2.24) is 9.97 Å². The van der Waals surface area contributed by atoms with Gasteiger partial charge >= 0.3 is 0 Å². The van der Waals surface area contributed by atoms with Gasteiger partial charge in [-0.2, -0.15) is 0 Å². The van der Waals surface area contributed by atoms with E-state index in [1.54, 1.807) is 6.33 Å². The number of aliphatic hydroxyl groups excluding tert-OH is 1. The lowest BCUT2D eigenvalue weighted by molar-refractivity contribution is 0.102. The maximum Gasteiger partial charge on any atom is 0.132 e. The lowest BCUT2D eigenvalue weighted by Crippen LogP contribution is -2.43. The van der Waals surface area contributed by atoms with Crippen LogP contribution in [0.15, 0.2) is 12.4 Å². The molecule has 2 unspecified atom stereocenters. The quantitative estimate of drug-likeness (QED) is 0.865. The van der Waals surface area contributed by atoms with E-state index in [-0.39, 0.29) is 6.10 Å². The van der Waals surface area contributed by atoms with Crippen molar-refractivity contribution in [3.05, 3.63) is 18.1 Å². The standard InChI is InChI=1S/C13H21N3O/c1-3-4-11-7-13(15-9-14-11)16-6-5-10(2)12(17)8-16/h7,9-10,12,17H,3-6,8H2,1-2H3. The number of aromatic nitrogens is 2. The minimum absolute atomic E-state index is 0.242. The Morgan fingerprint density at radius 3 is 3.00 bits per heavy atom. The van der Waals surface area contributed by atoms with Crippen molar-refractivity contribution < 1.29 is 5.11 Å². The van der Waals surface area contributed by atoms with E-state index in [0.717, 1.165) is 37.3 Å². The number of aliphatic hydroxyl groups is 1. The molecule has 1 aliphatic heterocycles. The Bertz CT molecular complexity index is 369. The van der Waals surface area contributed by atoms with Crippen LogP contribution < -0.4 is 4.90 Å². The molecule has 2 atom stereocenters. The number of anilines is 1. The van der Waals surface area contributed by atoms with E-state index >= 15 is 0 Å². The summed E-state index contributed by atoms with van der Waals surface area (Å²) in [5, 5.41) is 9.90. The molecule has 1 aromatic rings. The predicted molar refractivity (Wildman–Crippen MR) is 68.0 cm³/mol. The van der Waals surface area contributed by atoms with Crippen molar-refractivity contribution in [3.8, 4) is 0 Å². The van der Waals surface area contributed by atoms with E-state index < -0.39 is 0 Å². The lowest BCUT2D eigenvalue weighted by atomic mass is 9.96. The zero-order valence-electron chi connectivity index (χ0n) is 10.6. The normalized spacial score (nSPS) is 25.0. The molecule has 0 aliphatic carbocycles. The molecular weight excluding hydrogens is 214 g/mol. The first kappa shape index (κ1) is 12.3. The van der Waals surface area contributed by atoms with Crippen molar-refractivity contribution in [1.29, 1.82) is 0 Å². The summed E-state index contributed by atoms with van der Waals surface area (Å²) in [6, 6.07) is 2.05. The van der Waals surface area contributed by atoms with Gasteiger partial charge in [0.1, 0.15) is 12.1 Å². The maximum absolute atomic E-state index is 9.90. The average molecular weight is 235 g/mol. The van der Waals surface area contributed by atoms with E-state index in [2.05, 4.69) is 28.7 Å². The summed E-state index contributed by atoms with van der Waals surface area (Å²) in [4.78, 5) is 10.7. The summed E-state index contributed by atoms with van der Waals surface area (Å²) in [7, 11) is 0. The Hall–Kier alpha value is -1.16. The fraction of sp³-hybridized carbons (Fsp3) is 0.692. The smallest absolute Gasteiger partial charge is 0.132 e. The van der Waals surface area contributed by atoms with E-state index in [1.165, 1.54) is 0 Å². The van der Waals surface area contributed by atoms with Gasteiger partial charge in [0.25, 0.3) is 0 Å². The molecule has 0 radical (unpaired) electrons. The van der Waals surface area contributed by atoms with Gasteiger partial charge in [-0.25, -0.2) is 9.97 Å². The van der Waals surface area contributed by atoms with Gasteiger partial charge in [-0.05, 0) is 18.8 Å². The van der Waals surface area contributed by atoms with E-state index in [9.17, 15) is 5.11 Å². The maximum atomic E-state index is 9.90. The minimum Gasteiger partial charge on any atom is -0.391 e. The van der Waals surface area contributed by atoms with Crippen LogP contribution in [0.25, 0.3) is 0 Å². The Morgan fingerprint density at radius 2 is 2.29 bits per heavy atom. The molecule has 17 heavy (non-hydrogen) atoms. The van der Waals surface area contributed by atoms with Crippen LogP contribution in [0.2, 0.25) is 0 Å². The average Bonchev–Trinajstić information content (AvgIpc) is 2.33. The van der Waals surface area contributed by atoms with Crippen LogP contribution in [0.3, 0.4) is 0 Å². The van der Waals surface area contributed by atoms with Crippen LogP contribution in [0.4, 0.5) is 5.82 Å². The van der Waals surface area contributed by atoms with E-state index in [1.807, 2.05) is 6.07 Å². The molecule has 1 aromatic heterocycles. The largest absolute Gasteiger partial charge is 0.391 e. The Morgan fingerprint density at radius 1 is 1.47 bits per heavy atom. The molecule has 0 aromatic carbocycles. The highest BCUT2D eigenvalue weighted by Gasteiger charge is 2.25. The molecule has 1 N–H and O–H groups in total. The summed E-state index contributed by atoms with van der Waals surface area (Å²) in [6.07, 6.45) is 4.49. The first-order valence-corrected chi connectivity index (χ1v) is 6.44. The predicted octanol–water partition coefficient (Wildman–Crippen LogP) is 1.64. The summed E-state index contributed by atoms with van der Waals surface area (Å²) in [6.45, 7) is 5.91. The third kappa shape index (κ3) is 2.94. The Balaban J connectivity index is 2.09. The number of β-amino-alcohol motifs (C(OH)–C–C–N with tert-alkyl or cyclic N) is 1. The molecule has 0 saturated carbocycles. The highest BCUT2D eigenvalue weighted by Crippen LogP contribution is 2.21. The summed E-state index contributed by atoms with van der Waals surface area (Å²) < 4.78 is 0. The third-order valence-corrected chi connectivity index (χ3v) is 3.46. The van der Waals surface area contributed by atoms with Crippen LogP contribution in [-0.2, 0) is 6.42 Å². The number of aryl methyl sites for hydroxylation is 1. The molecule has 1 saturated heterocycles. The molecule has 1 fully saturated rings. The lowest BCUT2D eigenvalue weighted by Gasteiger charge is -2.35. The molecule has 1 aliphatic rings. The van der Waals surface area contributed by atoms with Gasteiger partial charge < -0.3 is 10.0 Å². The van der Waals surface area contributed by atoms with Crippen molar-refractivity contribution in [3.63, 3.8) is 0 Å². The molecule has 2 rings (SSSR count). The van der Waals surface area contributed by atoms with Gasteiger partial charge in [-0.1, -0.05) is 20.3 Å². The number of hydrogen-bond acceptors (Lipinski definition) is 4. The van der Waals surface area contributed by atoms with Gasteiger partial charge in [-0.15, -0.1) is 0 Å². The van der Waals surface area contributed by atoms with Gasteiger partial charge in [0.2, 0.25) is 0 Å². The third-order valence-electron chi connectivity index (χ3n) is 3.46. The van der Waals surface area contributed by atoms with Gasteiger partial charge in [0.05, 0.1) is 6.10 Å². The Kier molecular flexibility index (Phi) is 3.94. The van der Waals surface area contributed by atoms with Crippen molar-refractivity contribution in [2.75, 3.05) is 18.0 Å². The SMILES string of the molecule is CCCc1cc(N2CCC(C)C(O)C2)ncn1. The topological polar surface area (TPSA) is 49.2 Å². The minimum atomic E-state index is -0.242. The summed E-state index contributed by atoms with van der Waals surface area (Å²) in [5.41, 5.74) is 1.09. The highest BCUT2D eigenvalue weighted by molar-refractivity contribution is 5.39. The van der Waals surface area contributed by atoms with Crippen LogP contribution in [0, 0.1) is 5.92 Å². The molecule has 0 bridgehead atoms. The van der Waals surface area contributed by atoms with E-state index in [0.29, 0.717) is 12.5 Å². The molecular formula is C13H21N3O. The first-order valence-electron chi connectivity index (χ1n) is 6.44. The summed E-state index contributed by atoms with van der Waals surface area (Å²) >= 11 is 0. The number of rotatable bonds is 3. The Labute approximate surface area is 103 Å². The highest BCUT2D eigenvalue weighted by atomic mass is 16.3. The second kappa shape index (κ2) is 5.45. The number of nitrogens with zero attached hydrogens (tertiary/aromatic N) is 3. The molecule has 4 nitrogen and oxygen atoms in total. The zero-order valence-corrected chi connectivity index (χ0v) is 10.6. The fourth-order valence-electron chi connectivity index (χ4n) is 2.21. The van der Waals surface area contributed by atoms with E-state index in [4.69, 9.17) is 0 Å². The molecule has 0 amide bonds. The first-order chi connectivity index (χ1) is 8.20.